The largest absolute Gasteiger partial charge is 0.471 e. The zero-order valence-corrected chi connectivity index (χ0v) is 15.7. The number of carbonyl (C=O) groups excluding carboxylic acids is 1. The molecular weight excluding hydrogens is 344 g/mol. The molecule has 140 valence electrons. The SMILES string of the molecule is Cc1nc2ccccn2c1C(=O)N1CC[C@@H](Oc2ccc(N(C)C)nn2)C1. The van der Waals surface area contributed by atoms with E-state index in [1.165, 1.54) is 0 Å². The molecule has 1 saturated heterocycles. The molecule has 0 aliphatic carbocycles. The molecule has 8 heteroatoms. The normalized spacial score (nSPS) is 16.7. The average Bonchev–Trinajstić information content (AvgIpc) is 3.25. The number of rotatable bonds is 4. The molecule has 1 aliphatic rings. The number of fused-ring (bicyclic) bond motifs is 1. The Morgan fingerprint density at radius 1 is 1.22 bits per heavy atom. The van der Waals surface area contributed by atoms with E-state index in [2.05, 4.69) is 15.2 Å². The van der Waals surface area contributed by atoms with Gasteiger partial charge in [-0.2, -0.15) is 0 Å². The number of amides is 1. The maximum atomic E-state index is 13.0. The lowest BCUT2D eigenvalue weighted by molar-refractivity contribution is 0.0763. The smallest absolute Gasteiger partial charge is 0.272 e. The summed E-state index contributed by atoms with van der Waals surface area (Å²) >= 11 is 0. The highest BCUT2D eigenvalue weighted by molar-refractivity contribution is 5.94. The summed E-state index contributed by atoms with van der Waals surface area (Å²) in [6, 6.07) is 9.38. The highest BCUT2D eigenvalue weighted by Crippen LogP contribution is 2.21. The van der Waals surface area contributed by atoms with Gasteiger partial charge in [-0.05, 0) is 25.1 Å². The van der Waals surface area contributed by atoms with E-state index in [-0.39, 0.29) is 12.0 Å². The average molecular weight is 366 g/mol. The van der Waals surface area contributed by atoms with Crippen molar-refractivity contribution in [3.8, 4) is 5.88 Å². The lowest BCUT2D eigenvalue weighted by Gasteiger charge is -2.17. The molecule has 0 spiro atoms. The minimum atomic E-state index is -0.0899. The summed E-state index contributed by atoms with van der Waals surface area (Å²) < 4.78 is 7.76. The van der Waals surface area contributed by atoms with Crippen molar-refractivity contribution in [2.75, 3.05) is 32.1 Å². The van der Waals surface area contributed by atoms with E-state index in [9.17, 15) is 4.79 Å². The summed E-state index contributed by atoms with van der Waals surface area (Å²) in [4.78, 5) is 21.2. The maximum Gasteiger partial charge on any atom is 0.272 e. The molecule has 4 heterocycles. The van der Waals surface area contributed by atoms with Gasteiger partial charge in [-0.25, -0.2) is 4.98 Å². The third-order valence-corrected chi connectivity index (χ3v) is 4.71. The van der Waals surface area contributed by atoms with Crippen molar-refractivity contribution in [3.63, 3.8) is 0 Å². The van der Waals surface area contributed by atoms with Crippen molar-refractivity contribution in [1.29, 1.82) is 0 Å². The molecule has 1 amide bonds. The molecular formula is C19H22N6O2. The quantitative estimate of drug-likeness (QED) is 0.701. The van der Waals surface area contributed by atoms with Crippen LogP contribution in [-0.4, -0.2) is 63.7 Å². The molecule has 0 saturated carbocycles. The highest BCUT2D eigenvalue weighted by atomic mass is 16.5. The van der Waals surface area contributed by atoms with Gasteiger partial charge in [0, 0.05) is 39.3 Å². The topological polar surface area (TPSA) is 75.9 Å². The molecule has 3 aromatic rings. The molecule has 0 bridgehead atoms. The van der Waals surface area contributed by atoms with Crippen LogP contribution in [0.3, 0.4) is 0 Å². The van der Waals surface area contributed by atoms with Crippen molar-refractivity contribution >= 4 is 17.4 Å². The predicted octanol–water partition coefficient (Wildman–Crippen LogP) is 1.79. The Labute approximate surface area is 157 Å². The Morgan fingerprint density at radius 2 is 2.07 bits per heavy atom. The number of aryl methyl sites for hydroxylation is 1. The van der Waals surface area contributed by atoms with Crippen LogP contribution in [0.1, 0.15) is 22.6 Å². The van der Waals surface area contributed by atoms with Gasteiger partial charge in [0.15, 0.2) is 5.82 Å². The number of hydrogen-bond donors (Lipinski definition) is 0. The van der Waals surface area contributed by atoms with Crippen LogP contribution in [0.4, 0.5) is 5.82 Å². The van der Waals surface area contributed by atoms with Crippen molar-refractivity contribution in [2.24, 2.45) is 0 Å². The number of hydrogen-bond acceptors (Lipinski definition) is 6. The molecule has 1 aliphatic heterocycles. The standard InChI is InChI=1S/C19H22N6O2/c1-13-18(25-10-5-4-6-15(25)20-13)19(26)24-11-9-14(12-24)27-17-8-7-16(21-22-17)23(2)3/h4-8,10,14H,9,11-12H2,1-3H3/t14-/m1/s1. The second kappa shape index (κ2) is 6.86. The van der Waals surface area contributed by atoms with Crippen LogP contribution in [0.25, 0.3) is 5.65 Å². The molecule has 0 unspecified atom stereocenters. The molecule has 27 heavy (non-hydrogen) atoms. The Morgan fingerprint density at radius 3 is 2.81 bits per heavy atom. The molecule has 0 N–H and O–H groups in total. The van der Waals surface area contributed by atoms with Crippen molar-refractivity contribution < 1.29 is 9.53 Å². The summed E-state index contributed by atoms with van der Waals surface area (Å²) in [5.41, 5.74) is 2.13. The molecule has 0 aromatic carbocycles. The van der Waals surface area contributed by atoms with Crippen LogP contribution in [0, 0.1) is 6.92 Å². The summed E-state index contributed by atoms with van der Waals surface area (Å²) in [5, 5.41) is 8.23. The number of imidazole rings is 1. The molecule has 1 atom stereocenters. The van der Waals surface area contributed by atoms with E-state index in [1.807, 2.05) is 65.7 Å². The van der Waals surface area contributed by atoms with Gasteiger partial charge in [-0.3, -0.25) is 9.20 Å². The molecule has 1 fully saturated rings. The first-order chi connectivity index (χ1) is 13.0. The monoisotopic (exact) mass is 366 g/mol. The fourth-order valence-electron chi connectivity index (χ4n) is 3.31. The van der Waals surface area contributed by atoms with E-state index < -0.39 is 0 Å². The van der Waals surface area contributed by atoms with Crippen LogP contribution in [0.5, 0.6) is 5.88 Å². The lowest BCUT2D eigenvalue weighted by Crippen LogP contribution is -2.32. The minimum Gasteiger partial charge on any atom is -0.471 e. The van der Waals surface area contributed by atoms with Crippen LogP contribution in [0.15, 0.2) is 36.5 Å². The first-order valence-electron chi connectivity index (χ1n) is 8.93. The van der Waals surface area contributed by atoms with Gasteiger partial charge >= 0.3 is 0 Å². The van der Waals surface area contributed by atoms with E-state index in [1.54, 1.807) is 6.07 Å². The van der Waals surface area contributed by atoms with Crippen molar-refractivity contribution in [2.45, 2.75) is 19.4 Å². The number of pyridine rings is 1. The minimum absolute atomic E-state index is 0.0219. The van der Waals surface area contributed by atoms with E-state index in [0.29, 0.717) is 24.7 Å². The summed E-state index contributed by atoms with van der Waals surface area (Å²) in [5.74, 6) is 1.23. The zero-order valence-electron chi connectivity index (χ0n) is 15.7. The molecule has 8 nitrogen and oxygen atoms in total. The Bertz CT molecular complexity index is 966. The number of carbonyl (C=O) groups is 1. The third-order valence-electron chi connectivity index (χ3n) is 4.71. The lowest BCUT2D eigenvalue weighted by atomic mass is 10.3. The predicted molar refractivity (Wildman–Crippen MR) is 101 cm³/mol. The number of anilines is 1. The van der Waals surface area contributed by atoms with Crippen molar-refractivity contribution in [3.05, 3.63) is 47.9 Å². The van der Waals surface area contributed by atoms with Crippen LogP contribution < -0.4 is 9.64 Å². The summed E-state index contributed by atoms with van der Waals surface area (Å²) in [6.07, 6.45) is 2.54. The number of aromatic nitrogens is 4. The second-order valence-electron chi connectivity index (χ2n) is 6.88. The van der Waals surface area contributed by atoms with Gasteiger partial charge < -0.3 is 14.5 Å². The van der Waals surface area contributed by atoms with Gasteiger partial charge in [0.2, 0.25) is 5.88 Å². The fraction of sp³-hybridized carbons (Fsp3) is 0.368. The van der Waals surface area contributed by atoms with E-state index in [4.69, 9.17) is 4.74 Å². The first kappa shape index (κ1) is 17.3. The van der Waals surface area contributed by atoms with Gasteiger partial charge in [-0.1, -0.05) is 6.07 Å². The van der Waals surface area contributed by atoms with E-state index >= 15 is 0 Å². The molecule has 0 radical (unpaired) electrons. The van der Waals surface area contributed by atoms with Gasteiger partial charge in [0.25, 0.3) is 5.91 Å². The van der Waals surface area contributed by atoms with E-state index in [0.717, 1.165) is 23.6 Å². The first-order valence-corrected chi connectivity index (χ1v) is 8.93. The number of nitrogens with zero attached hydrogens (tertiary/aromatic N) is 6. The summed E-state index contributed by atoms with van der Waals surface area (Å²) in [6.45, 7) is 3.04. The van der Waals surface area contributed by atoms with Gasteiger partial charge in [0.1, 0.15) is 17.4 Å². The molecule has 4 rings (SSSR count). The van der Waals surface area contributed by atoms with Crippen LogP contribution in [-0.2, 0) is 0 Å². The molecule has 3 aromatic heterocycles. The second-order valence-corrected chi connectivity index (χ2v) is 6.88. The van der Waals surface area contributed by atoms with Crippen LogP contribution >= 0.6 is 0 Å². The Balaban J connectivity index is 1.46. The summed E-state index contributed by atoms with van der Waals surface area (Å²) in [7, 11) is 3.82. The Hall–Kier alpha value is -3.16. The maximum absolute atomic E-state index is 13.0. The Kier molecular flexibility index (Phi) is 4.39. The van der Waals surface area contributed by atoms with Crippen LogP contribution in [0.2, 0.25) is 0 Å². The number of ether oxygens (including phenoxy) is 1. The highest BCUT2D eigenvalue weighted by Gasteiger charge is 2.31. The van der Waals surface area contributed by atoms with Gasteiger partial charge in [0.05, 0.1) is 12.2 Å². The third kappa shape index (κ3) is 3.30. The number of likely N-dealkylation sites (tertiary alicyclic amines) is 1. The fourth-order valence-corrected chi connectivity index (χ4v) is 3.31. The van der Waals surface area contributed by atoms with Gasteiger partial charge in [-0.15, -0.1) is 10.2 Å². The van der Waals surface area contributed by atoms with Crippen molar-refractivity contribution in [1.82, 2.24) is 24.5 Å². The zero-order chi connectivity index (χ0) is 19.0.